The third-order valence-corrected chi connectivity index (χ3v) is 3.81. The summed E-state index contributed by atoms with van der Waals surface area (Å²) in [5, 5.41) is 8.94. The molecule has 0 saturated carbocycles. The standard InChI is InChI=1S/C14H21N5O/c15-11-1-2-12-13(9-11)17-14(16-12)10-19-5-3-18(4-6-19)7-8-20/h1-2,9,20H,3-8,10,15H2,(H,16,17). The number of H-pyrrole nitrogens is 1. The third-order valence-electron chi connectivity index (χ3n) is 3.81. The second kappa shape index (κ2) is 5.78. The van der Waals surface area contributed by atoms with Gasteiger partial charge in [-0.25, -0.2) is 4.98 Å². The lowest BCUT2D eigenvalue weighted by Crippen LogP contribution is -2.46. The molecule has 3 rings (SSSR count). The van der Waals surface area contributed by atoms with Crippen LogP contribution < -0.4 is 5.73 Å². The van der Waals surface area contributed by atoms with Gasteiger partial charge < -0.3 is 15.8 Å². The summed E-state index contributed by atoms with van der Waals surface area (Å²) in [6.45, 7) is 5.89. The number of nitrogens with two attached hydrogens (primary N) is 1. The van der Waals surface area contributed by atoms with Crippen LogP contribution in [0.2, 0.25) is 0 Å². The number of aromatic nitrogens is 2. The Bertz CT molecular complexity index is 574. The van der Waals surface area contributed by atoms with Gasteiger partial charge in [-0.2, -0.15) is 0 Å². The number of anilines is 1. The van der Waals surface area contributed by atoms with E-state index in [4.69, 9.17) is 10.8 Å². The number of nitrogens with one attached hydrogen (secondary N) is 1. The molecule has 1 aromatic carbocycles. The highest BCUT2D eigenvalue weighted by atomic mass is 16.3. The highest BCUT2D eigenvalue weighted by Gasteiger charge is 2.17. The number of piperazine rings is 1. The van der Waals surface area contributed by atoms with Gasteiger partial charge in [0.05, 0.1) is 24.2 Å². The minimum atomic E-state index is 0.241. The van der Waals surface area contributed by atoms with Crippen molar-refractivity contribution in [2.75, 3.05) is 45.1 Å². The van der Waals surface area contributed by atoms with Crippen LogP contribution in [0.4, 0.5) is 5.69 Å². The van der Waals surface area contributed by atoms with Crippen LogP contribution in [0, 0.1) is 0 Å². The van der Waals surface area contributed by atoms with Gasteiger partial charge in [-0.05, 0) is 18.2 Å². The molecule has 2 aromatic rings. The minimum absolute atomic E-state index is 0.241. The molecule has 1 aliphatic rings. The summed E-state index contributed by atoms with van der Waals surface area (Å²) in [4.78, 5) is 12.6. The topological polar surface area (TPSA) is 81.4 Å². The van der Waals surface area contributed by atoms with Crippen LogP contribution in [-0.4, -0.2) is 64.2 Å². The van der Waals surface area contributed by atoms with Gasteiger partial charge >= 0.3 is 0 Å². The van der Waals surface area contributed by atoms with Crippen LogP contribution in [0.5, 0.6) is 0 Å². The zero-order valence-electron chi connectivity index (χ0n) is 11.5. The van der Waals surface area contributed by atoms with E-state index in [1.165, 1.54) is 0 Å². The number of rotatable bonds is 4. The highest BCUT2D eigenvalue weighted by Crippen LogP contribution is 2.16. The summed E-state index contributed by atoms with van der Waals surface area (Å²) in [5.74, 6) is 0.987. The number of benzene rings is 1. The predicted octanol–water partition coefficient (Wildman–Crippen LogP) is 0.255. The summed E-state index contributed by atoms with van der Waals surface area (Å²) in [6.07, 6.45) is 0. The number of aliphatic hydroxyl groups is 1. The first kappa shape index (κ1) is 13.4. The summed E-state index contributed by atoms with van der Waals surface area (Å²) in [7, 11) is 0. The number of hydrogen-bond donors (Lipinski definition) is 3. The molecule has 6 nitrogen and oxygen atoms in total. The molecule has 1 aromatic heterocycles. The van der Waals surface area contributed by atoms with Gasteiger partial charge in [0.2, 0.25) is 0 Å². The fraction of sp³-hybridized carbons (Fsp3) is 0.500. The normalized spacial score (nSPS) is 17.9. The van der Waals surface area contributed by atoms with Crippen LogP contribution in [0.25, 0.3) is 11.0 Å². The van der Waals surface area contributed by atoms with E-state index in [0.29, 0.717) is 0 Å². The van der Waals surface area contributed by atoms with Crippen LogP contribution in [0.15, 0.2) is 18.2 Å². The summed E-state index contributed by atoms with van der Waals surface area (Å²) < 4.78 is 0. The molecule has 6 heteroatoms. The lowest BCUT2D eigenvalue weighted by Gasteiger charge is -2.33. The molecule has 0 aliphatic carbocycles. The van der Waals surface area contributed by atoms with Gasteiger partial charge in [-0.1, -0.05) is 0 Å². The maximum atomic E-state index is 8.94. The fourth-order valence-corrected chi connectivity index (χ4v) is 2.68. The molecule has 1 saturated heterocycles. The van der Waals surface area contributed by atoms with Crippen molar-refractivity contribution in [2.24, 2.45) is 0 Å². The average Bonchev–Trinajstić information content (AvgIpc) is 2.82. The number of imidazole rings is 1. The molecule has 0 spiro atoms. The van der Waals surface area contributed by atoms with Crippen molar-refractivity contribution in [3.8, 4) is 0 Å². The van der Waals surface area contributed by atoms with E-state index in [-0.39, 0.29) is 6.61 Å². The summed E-state index contributed by atoms with van der Waals surface area (Å²) in [6, 6.07) is 5.75. The summed E-state index contributed by atoms with van der Waals surface area (Å²) in [5.41, 5.74) is 8.50. The molecule has 1 fully saturated rings. The Morgan fingerprint density at radius 3 is 2.70 bits per heavy atom. The van der Waals surface area contributed by atoms with E-state index in [0.717, 1.165) is 61.8 Å². The molecule has 108 valence electrons. The summed E-state index contributed by atoms with van der Waals surface area (Å²) >= 11 is 0. The van der Waals surface area contributed by atoms with Crippen molar-refractivity contribution in [2.45, 2.75) is 6.54 Å². The van der Waals surface area contributed by atoms with Crippen molar-refractivity contribution >= 4 is 16.7 Å². The van der Waals surface area contributed by atoms with Crippen molar-refractivity contribution in [3.63, 3.8) is 0 Å². The van der Waals surface area contributed by atoms with Gasteiger partial charge in [0.1, 0.15) is 5.82 Å². The molecular formula is C14H21N5O. The number of hydrogen-bond acceptors (Lipinski definition) is 5. The van der Waals surface area contributed by atoms with E-state index in [1.807, 2.05) is 18.2 Å². The molecule has 4 N–H and O–H groups in total. The molecule has 2 heterocycles. The molecular weight excluding hydrogens is 254 g/mol. The number of aliphatic hydroxyl groups excluding tert-OH is 1. The molecule has 0 atom stereocenters. The lowest BCUT2D eigenvalue weighted by atomic mass is 10.3. The maximum Gasteiger partial charge on any atom is 0.121 e. The Morgan fingerprint density at radius 1 is 1.20 bits per heavy atom. The zero-order valence-corrected chi connectivity index (χ0v) is 11.5. The van der Waals surface area contributed by atoms with Gasteiger partial charge in [-0.15, -0.1) is 0 Å². The number of fused-ring (bicyclic) bond motifs is 1. The Kier molecular flexibility index (Phi) is 3.86. The highest BCUT2D eigenvalue weighted by molar-refractivity contribution is 5.78. The van der Waals surface area contributed by atoms with Crippen molar-refractivity contribution in [3.05, 3.63) is 24.0 Å². The molecule has 0 radical (unpaired) electrons. The first-order valence-corrected chi connectivity index (χ1v) is 7.04. The lowest BCUT2D eigenvalue weighted by molar-refractivity contribution is 0.107. The maximum absolute atomic E-state index is 8.94. The van der Waals surface area contributed by atoms with E-state index >= 15 is 0 Å². The molecule has 20 heavy (non-hydrogen) atoms. The fourth-order valence-electron chi connectivity index (χ4n) is 2.68. The first-order chi connectivity index (χ1) is 9.74. The Labute approximate surface area is 118 Å². The van der Waals surface area contributed by atoms with E-state index in [9.17, 15) is 0 Å². The predicted molar refractivity (Wildman–Crippen MR) is 79.3 cm³/mol. The van der Waals surface area contributed by atoms with Gasteiger partial charge in [0, 0.05) is 38.4 Å². The van der Waals surface area contributed by atoms with E-state index in [1.54, 1.807) is 0 Å². The molecule has 1 aliphatic heterocycles. The van der Waals surface area contributed by atoms with Crippen molar-refractivity contribution < 1.29 is 5.11 Å². The molecule has 0 unspecified atom stereocenters. The minimum Gasteiger partial charge on any atom is -0.399 e. The van der Waals surface area contributed by atoms with Crippen LogP contribution in [0.1, 0.15) is 5.82 Å². The van der Waals surface area contributed by atoms with Gasteiger partial charge in [0.15, 0.2) is 0 Å². The van der Waals surface area contributed by atoms with Crippen LogP contribution >= 0.6 is 0 Å². The zero-order chi connectivity index (χ0) is 13.9. The quantitative estimate of drug-likeness (QED) is 0.697. The van der Waals surface area contributed by atoms with Crippen LogP contribution in [0.3, 0.4) is 0 Å². The number of aromatic amines is 1. The first-order valence-electron chi connectivity index (χ1n) is 7.04. The van der Waals surface area contributed by atoms with Crippen molar-refractivity contribution in [1.29, 1.82) is 0 Å². The van der Waals surface area contributed by atoms with Gasteiger partial charge in [0.25, 0.3) is 0 Å². The Balaban J connectivity index is 1.62. The average molecular weight is 275 g/mol. The SMILES string of the molecule is Nc1ccc2nc(CN3CCN(CCO)CC3)[nH]c2c1. The second-order valence-corrected chi connectivity index (χ2v) is 5.30. The number of β-amino-alcohol motifs (C(OH)–C–C–N with tert-alkyl or cyclic N) is 1. The number of nitrogen functional groups attached to an aromatic ring is 1. The number of nitrogens with zero attached hydrogens (tertiary/aromatic N) is 3. The monoisotopic (exact) mass is 275 g/mol. The Morgan fingerprint density at radius 2 is 1.95 bits per heavy atom. The smallest absolute Gasteiger partial charge is 0.121 e. The second-order valence-electron chi connectivity index (χ2n) is 5.30. The largest absolute Gasteiger partial charge is 0.399 e. The van der Waals surface area contributed by atoms with E-state index < -0.39 is 0 Å². The van der Waals surface area contributed by atoms with E-state index in [2.05, 4.69) is 19.8 Å². The Hall–Kier alpha value is -1.63. The van der Waals surface area contributed by atoms with Crippen molar-refractivity contribution in [1.82, 2.24) is 19.8 Å². The molecule has 0 bridgehead atoms. The molecule has 0 amide bonds. The van der Waals surface area contributed by atoms with Gasteiger partial charge in [-0.3, -0.25) is 9.80 Å². The van der Waals surface area contributed by atoms with Crippen LogP contribution in [-0.2, 0) is 6.54 Å². The third kappa shape index (κ3) is 2.92.